The van der Waals surface area contributed by atoms with E-state index in [9.17, 15) is 0 Å². The molecule has 3 aromatic rings. The minimum Gasteiger partial charge on any atom is -0.369 e. The molecule has 1 heterocycles. The third-order valence-corrected chi connectivity index (χ3v) is 3.02. The van der Waals surface area contributed by atoms with Gasteiger partial charge in [0.2, 0.25) is 0 Å². The highest BCUT2D eigenvalue weighted by Gasteiger charge is 2.05. The van der Waals surface area contributed by atoms with Crippen LogP contribution in [0.4, 0.5) is 5.95 Å². The summed E-state index contributed by atoms with van der Waals surface area (Å²) in [5.41, 5.74) is 9.43. The summed E-state index contributed by atoms with van der Waals surface area (Å²) in [5.74, 6) is 0.427. The summed E-state index contributed by atoms with van der Waals surface area (Å²) in [4.78, 5) is 7.19. The number of nitrogens with one attached hydrogen (secondary N) is 1. The lowest BCUT2D eigenvalue weighted by atomic mass is 10.1. The zero-order valence-electron chi connectivity index (χ0n) is 8.94. The largest absolute Gasteiger partial charge is 0.369 e. The number of hydrogen-bond acceptors (Lipinski definition) is 2. The van der Waals surface area contributed by atoms with Crippen LogP contribution in [0, 0.1) is 0 Å². The van der Waals surface area contributed by atoms with Crippen molar-refractivity contribution in [1.29, 1.82) is 0 Å². The maximum absolute atomic E-state index is 6.16. The summed E-state index contributed by atoms with van der Waals surface area (Å²) in [6, 6.07) is 13.7. The molecule has 3 rings (SSSR count). The molecule has 84 valence electrons. The van der Waals surface area contributed by atoms with Crippen molar-refractivity contribution in [2.45, 2.75) is 0 Å². The fourth-order valence-corrected chi connectivity index (χ4v) is 2.13. The first kappa shape index (κ1) is 10.2. The SMILES string of the molecule is Nc1nc2cc(-c3ccccc3Cl)ccc2[nH]1. The number of imidazole rings is 1. The van der Waals surface area contributed by atoms with Gasteiger partial charge in [-0.1, -0.05) is 35.9 Å². The van der Waals surface area contributed by atoms with Crippen LogP contribution in [-0.2, 0) is 0 Å². The zero-order valence-corrected chi connectivity index (χ0v) is 9.70. The summed E-state index contributed by atoms with van der Waals surface area (Å²) in [7, 11) is 0. The van der Waals surface area contributed by atoms with Crippen LogP contribution >= 0.6 is 11.6 Å². The molecule has 0 radical (unpaired) electrons. The molecule has 0 spiro atoms. The fourth-order valence-electron chi connectivity index (χ4n) is 1.89. The van der Waals surface area contributed by atoms with Gasteiger partial charge in [-0.15, -0.1) is 0 Å². The van der Waals surface area contributed by atoms with E-state index in [0.29, 0.717) is 5.95 Å². The van der Waals surface area contributed by atoms with E-state index in [1.165, 1.54) is 0 Å². The Labute approximate surface area is 103 Å². The van der Waals surface area contributed by atoms with Crippen molar-refractivity contribution in [2.24, 2.45) is 0 Å². The van der Waals surface area contributed by atoms with E-state index in [0.717, 1.165) is 27.2 Å². The third-order valence-electron chi connectivity index (χ3n) is 2.69. The Bertz CT molecular complexity index is 688. The maximum atomic E-state index is 6.16. The first-order chi connectivity index (χ1) is 8.24. The Balaban J connectivity index is 2.21. The number of nitrogens with zero attached hydrogens (tertiary/aromatic N) is 1. The molecule has 0 fully saturated rings. The molecule has 3 N–H and O–H groups in total. The van der Waals surface area contributed by atoms with E-state index >= 15 is 0 Å². The average molecular weight is 244 g/mol. The van der Waals surface area contributed by atoms with Gasteiger partial charge >= 0.3 is 0 Å². The molecular weight excluding hydrogens is 234 g/mol. The lowest BCUT2D eigenvalue weighted by Gasteiger charge is -2.03. The summed E-state index contributed by atoms with van der Waals surface area (Å²) in [5, 5.41) is 0.732. The van der Waals surface area contributed by atoms with Crippen molar-refractivity contribution in [3.8, 4) is 11.1 Å². The molecule has 17 heavy (non-hydrogen) atoms. The van der Waals surface area contributed by atoms with Gasteiger partial charge in [-0.3, -0.25) is 0 Å². The smallest absolute Gasteiger partial charge is 0.198 e. The van der Waals surface area contributed by atoms with Crippen LogP contribution < -0.4 is 5.73 Å². The number of fused-ring (bicyclic) bond motifs is 1. The fraction of sp³-hybridized carbons (Fsp3) is 0. The minimum atomic E-state index is 0.427. The van der Waals surface area contributed by atoms with Crippen molar-refractivity contribution in [2.75, 3.05) is 5.73 Å². The third kappa shape index (κ3) is 1.74. The van der Waals surface area contributed by atoms with Crippen molar-refractivity contribution in [1.82, 2.24) is 9.97 Å². The second-order valence-corrected chi connectivity index (χ2v) is 4.24. The standard InChI is InChI=1S/C13H10ClN3/c14-10-4-2-1-3-9(10)8-5-6-11-12(7-8)17-13(15)16-11/h1-7H,(H3,15,16,17). The molecule has 0 bridgehead atoms. The summed E-state index contributed by atoms with van der Waals surface area (Å²) < 4.78 is 0. The molecule has 0 aliphatic carbocycles. The maximum Gasteiger partial charge on any atom is 0.198 e. The highest BCUT2D eigenvalue weighted by atomic mass is 35.5. The quantitative estimate of drug-likeness (QED) is 0.688. The minimum absolute atomic E-state index is 0.427. The van der Waals surface area contributed by atoms with Crippen LogP contribution in [0.3, 0.4) is 0 Å². The number of nitrogen functional groups attached to an aromatic ring is 1. The van der Waals surface area contributed by atoms with Gasteiger partial charge in [-0.2, -0.15) is 0 Å². The molecule has 1 aromatic heterocycles. The van der Waals surface area contributed by atoms with Crippen molar-refractivity contribution in [3.63, 3.8) is 0 Å². The van der Waals surface area contributed by atoms with Crippen LogP contribution in [0.1, 0.15) is 0 Å². The van der Waals surface area contributed by atoms with E-state index in [1.807, 2.05) is 42.5 Å². The van der Waals surface area contributed by atoms with Gasteiger partial charge in [0.05, 0.1) is 11.0 Å². The Morgan fingerprint density at radius 3 is 2.76 bits per heavy atom. The molecule has 0 amide bonds. The average Bonchev–Trinajstić information content (AvgIpc) is 2.68. The predicted octanol–water partition coefficient (Wildman–Crippen LogP) is 3.47. The lowest BCUT2D eigenvalue weighted by Crippen LogP contribution is -1.84. The normalized spacial score (nSPS) is 10.9. The highest BCUT2D eigenvalue weighted by Crippen LogP contribution is 2.29. The topological polar surface area (TPSA) is 54.7 Å². The molecule has 0 aliphatic rings. The summed E-state index contributed by atoms with van der Waals surface area (Å²) >= 11 is 6.16. The van der Waals surface area contributed by atoms with Crippen molar-refractivity contribution >= 4 is 28.6 Å². The monoisotopic (exact) mass is 243 g/mol. The van der Waals surface area contributed by atoms with Crippen LogP contribution in [0.25, 0.3) is 22.2 Å². The van der Waals surface area contributed by atoms with E-state index in [4.69, 9.17) is 17.3 Å². The number of benzene rings is 2. The Hall–Kier alpha value is -2.00. The molecule has 0 saturated carbocycles. The summed E-state index contributed by atoms with van der Waals surface area (Å²) in [6.07, 6.45) is 0. The molecule has 4 heteroatoms. The lowest BCUT2D eigenvalue weighted by molar-refractivity contribution is 1.35. The van der Waals surface area contributed by atoms with Crippen molar-refractivity contribution < 1.29 is 0 Å². The van der Waals surface area contributed by atoms with Gasteiger partial charge in [0.25, 0.3) is 0 Å². The van der Waals surface area contributed by atoms with E-state index < -0.39 is 0 Å². The molecular formula is C13H10ClN3. The van der Waals surface area contributed by atoms with Crippen molar-refractivity contribution in [3.05, 3.63) is 47.5 Å². The second-order valence-electron chi connectivity index (χ2n) is 3.83. The van der Waals surface area contributed by atoms with E-state index in [1.54, 1.807) is 0 Å². The number of hydrogen-bond donors (Lipinski definition) is 2. The van der Waals surface area contributed by atoms with Crippen LogP contribution in [0.2, 0.25) is 5.02 Å². The number of rotatable bonds is 1. The van der Waals surface area contributed by atoms with E-state index in [-0.39, 0.29) is 0 Å². The van der Waals surface area contributed by atoms with Crippen LogP contribution in [-0.4, -0.2) is 9.97 Å². The molecule has 0 saturated heterocycles. The Morgan fingerprint density at radius 2 is 1.94 bits per heavy atom. The van der Waals surface area contributed by atoms with Gasteiger partial charge in [0.1, 0.15) is 0 Å². The predicted molar refractivity (Wildman–Crippen MR) is 71.0 cm³/mol. The Kier molecular flexibility index (Phi) is 2.27. The first-order valence-corrected chi connectivity index (χ1v) is 5.62. The Morgan fingerprint density at radius 1 is 1.12 bits per heavy atom. The number of nitrogens with two attached hydrogens (primary N) is 1. The van der Waals surface area contributed by atoms with Gasteiger partial charge in [-0.25, -0.2) is 4.98 Å². The molecule has 2 aromatic carbocycles. The molecule has 0 unspecified atom stereocenters. The van der Waals surface area contributed by atoms with Gasteiger partial charge in [-0.05, 0) is 23.8 Å². The number of H-pyrrole nitrogens is 1. The summed E-state index contributed by atoms with van der Waals surface area (Å²) in [6.45, 7) is 0. The molecule has 3 nitrogen and oxygen atoms in total. The van der Waals surface area contributed by atoms with Gasteiger partial charge in [0, 0.05) is 10.6 Å². The second kappa shape index (κ2) is 3.79. The number of aromatic amines is 1. The first-order valence-electron chi connectivity index (χ1n) is 5.24. The molecule has 0 aliphatic heterocycles. The van der Waals surface area contributed by atoms with E-state index in [2.05, 4.69) is 9.97 Å². The molecule has 0 atom stereocenters. The number of aromatic nitrogens is 2. The highest BCUT2D eigenvalue weighted by molar-refractivity contribution is 6.33. The van der Waals surface area contributed by atoms with Crippen LogP contribution in [0.15, 0.2) is 42.5 Å². The number of anilines is 1. The van der Waals surface area contributed by atoms with Gasteiger partial charge < -0.3 is 10.7 Å². The van der Waals surface area contributed by atoms with Crippen LogP contribution in [0.5, 0.6) is 0 Å². The zero-order chi connectivity index (χ0) is 11.8. The number of halogens is 1. The van der Waals surface area contributed by atoms with Gasteiger partial charge in [0.15, 0.2) is 5.95 Å².